The van der Waals surface area contributed by atoms with E-state index in [9.17, 15) is 0 Å². The van der Waals surface area contributed by atoms with Gasteiger partial charge in [-0.25, -0.2) is 0 Å². The van der Waals surface area contributed by atoms with E-state index >= 15 is 0 Å². The van der Waals surface area contributed by atoms with Crippen LogP contribution in [0.5, 0.6) is 0 Å². The van der Waals surface area contributed by atoms with Crippen LogP contribution in [0.1, 0.15) is 0 Å². The summed E-state index contributed by atoms with van der Waals surface area (Å²) in [7, 11) is -2.17. The summed E-state index contributed by atoms with van der Waals surface area (Å²) in [5.74, 6) is 0. The Morgan fingerprint density at radius 3 is 0.857 bits per heavy atom. The second-order valence-corrected chi connectivity index (χ2v) is 0.346. The Bertz CT molecular complexity index is 17.7. The molecule has 0 fully saturated rings. The third kappa shape index (κ3) is 42.9. The monoisotopic (exact) mass is 150 g/mol. The zero-order valence-corrected chi connectivity index (χ0v) is 1.92. The van der Waals surface area contributed by atoms with Crippen molar-refractivity contribution in [3.05, 3.63) is 0 Å². The van der Waals surface area contributed by atoms with Crippen molar-refractivity contribution < 1.29 is 15.1 Å². The predicted molar refractivity (Wildman–Crippen MR) is 33.9 cm³/mol. The SMILES string of the molecule is OB(O)O.[KH].[NaH].[NaH]. The molecule has 0 saturated carbocycles. The molecule has 0 amide bonds. The van der Waals surface area contributed by atoms with Gasteiger partial charge in [-0.15, -0.1) is 0 Å². The average molecular weight is 150 g/mol. The van der Waals surface area contributed by atoms with E-state index in [1.54, 1.807) is 0 Å². The van der Waals surface area contributed by atoms with Crippen LogP contribution in [-0.4, -0.2) is 133 Å². The van der Waals surface area contributed by atoms with E-state index in [0.29, 0.717) is 0 Å². The first kappa shape index (κ1) is 22.4. The van der Waals surface area contributed by atoms with Crippen LogP contribution in [0.15, 0.2) is 0 Å². The third-order valence-electron chi connectivity index (χ3n) is 0. The van der Waals surface area contributed by atoms with Crippen LogP contribution in [0.2, 0.25) is 0 Å². The van der Waals surface area contributed by atoms with Gasteiger partial charge in [0.1, 0.15) is 0 Å². The Morgan fingerprint density at radius 2 is 0.857 bits per heavy atom. The maximum absolute atomic E-state index is 7.17. The third-order valence-corrected chi connectivity index (χ3v) is 0. The molecule has 7 heteroatoms. The van der Waals surface area contributed by atoms with E-state index in [0.717, 1.165) is 0 Å². The molecule has 0 bridgehead atoms. The van der Waals surface area contributed by atoms with Gasteiger partial charge in [0, 0.05) is 0 Å². The molecule has 0 heterocycles. The zero-order valence-electron chi connectivity index (χ0n) is 1.92. The maximum atomic E-state index is 7.17. The molecule has 0 aromatic carbocycles. The van der Waals surface area contributed by atoms with Crippen LogP contribution in [0.3, 0.4) is 0 Å². The summed E-state index contributed by atoms with van der Waals surface area (Å²) in [6, 6.07) is 0. The molecule has 0 saturated heterocycles. The summed E-state index contributed by atoms with van der Waals surface area (Å²) >= 11 is 0. The van der Waals surface area contributed by atoms with Crippen molar-refractivity contribution in [2.24, 2.45) is 0 Å². The van der Waals surface area contributed by atoms with E-state index in [4.69, 9.17) is 15.1 Å². The molecular formula is H6BKNa2O3. The van der Waals surface area contributed by atoms with Crippen molar-refractivity contribution in [3.63, 3.8) is 0 Å². The molecule has 3 nitrogen and oxygen atoms in total. The number of rotatable bonds is 0. The van der Waals surface area contributed by atoms with Gasteiger partial charge in [0.25, 0.3) is 0 Å². The molecule has 0 rings (SSSR count). The van der Waals surface area contributed by atoms with E-state index in [2.05, 4.69) is 0 Å². The van der Waals surface area contributed by atoms with Crippen molar-refractivity contribution in [2.45, 2.75) is 0 Å². The van der Waals surface area contributed by atoms with Crippen LogP contribution < -0.4 is 0 Å². The Balaban J connectivity index is -0.0000000150. The van der Waals surface area contributed by atoms with Crippen LogP contribution in [0, 0.1) is 0 Å². The molecule has 30 valence electrons. The first-order chi connectivity index (χ1) is 1.73. The molecule has 0 atom stereocenters. The van der Waals surface area contributed by atoms with E-state index < -0.39 is 7.32 Å². The van der Waals surface area contributed by atoms with Crippen molar-refractivity contribution in [1.29, 1.82) is 0 Å². The van der Waals surface area contributed by atoms with Crippen molar-refractivity contribution in [3.8, 4) is 0 Å². The van der Waals surface area contributed by atoms with Crippen molar-refractivity contribution >= 4 is 118 Å². The standard InChI is InChI=1S/BH3O3.K.2Na.3H/c2-1(3)4;;;;;;/h2-4H;;;;;;. The van der Waals surface area contributed by atoms with Crippen molar-refractivity contribution in [1.82, 2.24) is 0 Å². The summed E-state index contributed by atoms with van der Waals surface area (Å²) < 4.78 is 0. The van der Waals surface area contributed by atoms with Crippen LogP contribution in [-0.2, 0) is 0 Å². The van der Waals surface area contributed by atoms with Gasteiger partial charge < -0.3 is 15.1 Å². The summed E-state index contributed by atoms with van der Waals surface area (Å²) in [6.45, 7) is 0. The van der Waals surface area contributed by atoms with Crippen LogP contribution in [0.25, 0.3) is 0 Å². The van der Waals surface area contributed by atoms with Crippen LogP contribution in [0.4, 0.5) is 0 Å². The van der Waals surface area contributed by atoms with E-state index in [-0.39, 0.29) is 110 Å². The second-order valence-electron chi connectivity index (χ2n) is 0.346. The number of hydrogen-bond acceptors (Lipinski definition) is 3. The summed E-state index contributed by atoms with van der Waals surface area (Å²) in [5.41, 5.74) is 0. The fourth-order valence-corrected chi connectivity index (χ4v) is 0. The van der Waals surface area contributed by atoms with Crippen molar-refractivity contribution in [2.75, 3.05) is 0 Å². The molecule has 0 unspecified atom stereocenters. The molecule has 0 aromatic rings. The Morgan fingerprint density at radius 1 is 0.857 bits per heavy atom. The van der Waals surface area contributed by atoms with Gasteiger partial charge in [0.15, 0.2) is 0 Å². The molecule has 0 aromatic heterocycles. The van der Waals surface area contributed by atoms with Gasteiger partial charge in [-0.05, 0) is 0 Å². The van der Waals surface area contributed by atoms with Gasteiger partial charge in [-0.1, -0.05) is 0 Å². The van der Waals surface area contributed by atoms with Gasteiger partial charge in [0.2, 0.25) is 0 Å². The van der Waals surface area contributed by atoms with E-state index in [1.165, 1.54) is 0 Å². The summed E-state index contributed by atoms with van der Waals surface area (Å²) in [5, 5.41) is 21.5. The fourth-order valence-electron chi connectivity index (χ4n) is 0. The Kier molecular flexibility index (Phi) is 52.2. The minimum absolute atomic E-state index is 0. The molecule has 0 aliphatic carbocycles. The normalized spacial score (nSPS) is 3.86. The van der Waals surface area contributed by atoms with Crippen LogP contribution >= 0.6 is 0 Å². The Labute approximate surface area is 129 Å². The predicted octanol–water partition coefficient (Wildman–Crippen LogP) is -4.00. The van der Waals surface area contributed by atoms with E-state index in [1.807, 2.05) is 0 Å². The zero-order chi connectivity index (χ0) is 3.58. The van der Waals surface area contributed by atoms with Gasteiger partial charge >= 0.3 is 118 Å². The second kappa shape index (κ2) is 16.3. The van der Waals surface area contributed by atoms with Gasteiger partial charge in [0.05, 0.1) is 0 Å². The molecule has 7 heavy (non-hydrogen) atoms. The molecule has 0 spiro atoms. The molecule has 3 N–H and O–H groups in total. The average Bonchev–Trinajstić information content (AvgIpc) is 0.811. The molecule has 0 radical (unpaired) electrons. The Hall–Kier alpha value is 3.58. The number of hydrogen-bond donors (Lipinski definition) is 3. The molecule has 0 aliphatic heterocycles. The van der Waals surface area contributed by atoms with Gasteiger partial charge in [-0.2, -0.15) is 0 Å². The fraction of sp³-hybridized carbons (Fsp3) is 0. The quantitative estimate of drug-likeness (QED) is 0.308. The first-order valence-corrected chi connectivity index (χ1v) is 0.775. The molecule has 0 aliphatic rings. The minimum atomic E-state index is -2.17. The van der Waals surface area contributed by atoms with Gasteiger partial charge in [-0.3, -0.25) is 0 Å². The molecular weight excluding hydrogens is 144 g/mol. The summed E-state index contributed by atoms with van der Waals surface area (Å²) in [6.07, 6.45) is 0. The summed E-state index contributed by atoms with van der Waals surface area (Å²) in [4.78, 5) is 0. The topological polar surface area (TPSA) is 60.7 Å². The first-order valence-electron chi connectivity index (χ1n) is 0.775.